The van der Waals surface area contributed by atoms with Crippen LogP contribution in [0.15, 0.2) is 59.1 Å². The van der Waals surface area contributed by atoms with Gasteiger partial charge in [-0.1, -0.05) is 40.9 Å². The summed E-state index contributed by atoms with van der Waals surface area (Å²) >= 11 is 20.1. The number of rotatable bonds is 3. The Labute approximate surface area is 189 Å². The van der Waals surface area contributed by atoms with E-state index in [2.05, 4.69) is 15.3 Å². The van der Waals surface area contributed by atoms with Gasteiger partial charge in [0.15, 0.2) is 11.2 Å². The zero-order chi connectivity index (χ0) is 20.8. The van der Waals surface area contributed by atoms with Gasteiger partial charge in [-0.05, 0) is 42.5 Å². The molecule has 9 heteroatoms. The maximum absolute atomic E-state index is 12.9. The van der Waals surface area contributed by atoms with Crippen LogP contribution in [0.4, 0.5) is 5.69 Å². The minimum Gasteiger partial charge on any atom is -0.434 e. The standard InChI is InChI=1S/C21H10Cl3N3O2S/c22-10-3-5-12-16(8-10)30-18(17(12)24)20(28)26-11-4-6-14(23)13(9-11)21-27-19-15(29-21)2-1-7-25-19/h1-9H,(H,26,28). The first-order chi connectivity index (χ1) is 14.5. The van der Waals surface area contributed by atoms with E-state index < -0.39 is 0 Å². The van der Waals surface area contributed by atoms with Crippen LogP contribution in [0.25, 0.3) is 32.8 Å². The number of pyridine rings is 1. The summed E-state index contributed by atoms with van der Waals surface area (Å²) in [6.07, 6.45) is 1.63. The van der Waals surface area contributed by atoms with Crippen molar-refractivity contribution in [3.8, 4) is 11.5 Å². The Morgan fingerprint density at radius 3 is 2.77 bits per heavy atom. The quantitative estimate of drug-likeness (QED) is 0.297. The van der Waals surface area contributed by atoms with Crippen molar-refractivity contribution in [1.29, 1.82) is 0 Å². The molecule has 0 saturated heterocycles. The maximum Gasteiger partial charge on any atom is 0.267 e. The summed E-state index contributed by atoms with van der Waals surface area (Å²) < 4.78 is 6.59. The predicted octanol–water partition coefficient (Wildman–Crippen LogP) is 7.32. The van der Waals surface area contributed by atoms with Crippen molar-refractivity contribution in [2.24, 2.45) is 0 Å². The number of nitrogens with zero attached hydrogens (tertiary/aromatic N) is 2. The highest BCUT2D eigenvalue weighted by Gasteiger charge is 2.19. The average Bonchev–Trinajstić information content (AvgIpc) is 3.30. The minimum absolute atomic E-state index is 0.319. The molecule has 0 spiro atoms. The van der Waals surface area contributed by atoms with Crippen molar-refractivity contribution < 1.29 is 9.21 Å². The fourth-order valence-electron chi connectivity index (χ4n) is 3.02. The number of carbonyl (C=O) groups is 1. The Bertz CT molecular complexity index is 1410. The van der Waals surface area contributed by atoms with Crippen molar-refractivity contribution in [1.82, 2.24) is 9.97 Å². The molecule has 0 bridgehead atoms. The van der Waals surface area contributed by atoms with E-state index in [-0.39, 0.29) is 5.91 Å². The number of thiophene rings is 1. The molecule has 30 heavy (non-hydrogen) atoms. The van der Waals surface area contributed by atoms with Crippen LogP contribution in [-0.4, -0.2) is 15.9 Å². The molecule has 0 aliphatic carbocycles. The van der Waals surface area contributed by atoms with E-state index in [1.54, 1.807) is 54.7 Å². The van der Waals surface area contributed by atoms with Crippen LogP contribution >= 0.6 is 46.1 Å². The fraction of sp³-hybridized carbons (Fsp3) is 0. The summed E-state index contributed by atoms with van der Waals surface area (Å²) in [5.74, 6) is -0.0100. The number of hydrogen-bond donors (Lipinski definition) is 1. The van der Waals surface area contributed by atoms with Crippen LogP contribution in [0, 0.1) is 0 Å². The highest BCUT2D eigenvalue weighted by Crippen LogP contribution is 2.37. The van der Waals surface area contributed by atoms with Crippen LogP contribution < -0.4 is 5.32 Å². The third-order valence-corrected chi connectivity index (χ3v) is 6.64. The van der Waals surface area contributed by atoms with Crippen molar-refractivity contribution in [2.45, 2.75) is 0 Å². The van der Waals surface area contributed by atoms with Gasteiger partial charge < -0.3 is 9.73 Å². The lowest BCUT2D eigenvalue weighted by atomic mass is 10.2. The number of carbonyl (C=O) groups excluding carboxylic acids is 1. The summed E-state index contributed by atoms with van der Waals surface area (Å²) in [4.78, 5) is 21.8. The van der Waals surface area contributed by atoms with Gasteiger partial charge in [0.05, 0.1) is 15.6 Å². The van der Waals surface area contributed by atoms with Crippen LogP contribution in [0.1, 0.15) is 9.67 Å². The molecule has 0 radical (unpaired) electrons. The number of oxazole rings is 1. The molecule has 5 rings (SSSR count). The molecule has 2 aromatic carbocycles. The van der Waals surface area contributed by atoms with Crippen LogP contribution in [0.3, 0.4) is 0 Å². The number of halogens is 3. The van der Waals surface area contributed by atoms with Gasteiger partial charge in [0.1, 0.15) is 4.88 Å². The molecule has 3 aromatic heterocycles. The lowest BCUT2D eigenvalue weighted by molar-refractivity contribution is 0.103. The van der Waals surface area contributed by atoms with Gasteiger partial charge in [-0.3, -0.25) is 4.79 Å². The van der Waals surface area contributed by atoms with Gasteiger partial charge in [-0.2, -0.15) is 4.98 Å². The lowest BCUT2D eigenvalue weighted by Crippen LogP contribution is -2.10. The Morgan fingerprint density at radius 1 is 1.07 bits per heavy atom. The maximum atomic E-state index is 12.9. The molecule has 1 N–H and O–H groups in total. The molecule has 148 valence electrons. The Hall–Kier alpha value is -2.64. The summed E-state index contributed by atoms with van der Waals surface area (Å²) in [5.41, 5.74) is 2.10. The molecule has 0 saturated carbocycles. The molecule has 0 atom stereocenters. The number of benzene rings is 2. The third kappa shape index (κ3) is 3.42. The molecule has 0 aliphatic rings. The Kier molecular flexibility index (Phi) is 4.87. The van der Waals surface area contributed by atoms with E-state index in [1.807, 2.05) is 0 Å². The van der Waals surface area contributed by atoms with Crippen LogP contribution in [0.5, 0.6) is 0 Å². The smallest absolute Gasteiger partial charge is 0.267 e. The number of nitrogens with one attached hydrogen (secondary N) is 1. The number of anilines is 1. The van der Waals surface area contributed by atoms with Gasteiger partial charge in [0, 0.05) is 27.0 Å². The van der Waals surface area contributed by atoms with E-state index >= 15 is 0 Å². The van der Waals surface area contributed by atoms with Crippen molar-refractivity contribution >= 4 is 79.1 Å². The Morgan fingerprint density at radius 2 is 1.93 bits per heavy atom. The molecule has 0 unspecified atom stereocenters. The van der Waals surface area contributed by atoms with Gasteiger partial charge >= 0.3 is 0 Å². The molecule has 3 heterocycles. The van der Waals surface area contributed by atoms with Crippen LogP contribution in [-0.2, 0) is 0 Å². The topological polar surface area (TPSA) is 68.0 Å². The largest absolute Gasteiger partial charge is 0.434 e. The molecule has 5 aromatic rings. The van der Waals surface area contributed by atoms with Crippen molar-refractivity contribution in [3.05, 3.63) is 74.7 Å². The number of fused-ring (bicyclic) bond motifs is 2. The summed E-state index contributed by atoms with van der Waals surface area (Å²) in [6, 6.07) is 13.9. The molecule has 0 aliphatic heterocycles. The predicted molar refractivity (Wildman–Crippen MR) is 122 cm³/mol. The van der Waals surface area contributed by atoms with Gasteiger partial charge in [0.25, 0.3) is 5.91 Å². The van der Waals surface area contributed by atoms with Gasteiger partial charge in [-0.15, -0.1) is 11.3 Å². The molecule has 5 nitrogen and oxygen atoms in total. The molecule has 0 fully saturated rings. The monoisotopic (exact) mass is 473 g/mol. The first kappa shape index (κ1) is 19.3. The first-order valence-corrected chi connectivity index (χ1v) is 10.6. The fourth-order valence-corrected chi connectivity index (χ4v) is 4.91. The highest BCUT2D eigenvalue weighted by atomic mass is 35.5. The summed E-state index contributed by atoms with van der Waals surface area (Å²) in [6.45, 7) is 0. The highest BCUT2D eigenvalue weighted by molar-refractivity contribution is 7.21. The number of amides is 1. The zero-order valence-corrected chi connectivity index (χ0v) is 18.0. The third-order valence-electron chi connectivity index (χ3n) is 4.42. The SMILES string of the molecule is O=C(Nc1ccc(Cl)c(-c2nc3ncccc3o2)c1)c1sc2cc(Cl)ccc2c1Cl. The first-order valence-electron chi connectivity index (χ1n) is 8.70. The molecule has 1 amide bonds. The number of aromatic nitrogens is 2. The Balaban J connectivity index is 1.49. The second-order valence-corrected chi connectivity index (χ2v) is 8.65. The van der Waals surface area contributed by atoms with E-state index in [4.69, 9.17) is 39.2 Å². The van der Waals surface area contributed by atoms with Crippen molar-refractivity contribution in [3.63, 3.8) is 0 Å². The van der Waals surface area contributed by atoms with Crippen LogP contribution in [0.2, 0.25) is 15.1 Å². The molecular formula is C21H10Cl3N3O2S. The van der Waals surface area contributed by atoms with Crippen molar-refractivity contribution in [2.75, 3.05) is 5.32 Å². The minimum atomic E-state index is -0.329. The van der Waals surface area contributed by atoms with E-state index in [0.717, 1.165) is 10.1 Å². The normalized spacial score (nSPS) is 11.3. The second kappa shape index (κ2) is 7.56. The van der Waals surface area contributed by atoms with E-state index in [1.165, 1.54) is 11.3 Å². The zero-order valence-electron chi connectivity index (χ0n) is 14.9. The summed E-state index contributed by atoms with van der Waals surface area (Å²) in [7, 11) is 0. The van der Waals surface area contributed by atoms with Gasteiger partial charge in [-0.25, -0.2) is 4.98 Å². The average molecular weight is 475 g/mol. The van der Waals surface area contributed by atoms with E-state index in [9.17, 15) is 4.79 Å². The molecular weight excluding hydrogens is 465 g/mol. The van der Waals surface area contributed by atoms with Gasteiger partial charge in [0.2, 0.25) is 5.89 Å². The number of hydrogen-bond acceptors (Lipinski definition) is 5. The van der Waals surface area contributed by atoms with E-state index in [0.29, 0.717) is 48.3 Å². The summed E-state index contributed by atoms with van der Waals surface area (Å²) in [5, 5.41) is 5.06. The lowest BCUT2D eigenvalue weighted by Gasteiger charge is -2.07. The second-order valence-electron chi connectivity index (χ2n) is 6.38.